The molecule has 0 bridgehead atoms. The molecule has 176 valence electrons. The number of aliphatic hydroxyl groups is 1. The number of carbonyl (C=O) groups is 1. The summed E-state index contributed by atoms with van der Waals surface area (Å²) in [4.78, 5) is 19.8. The summed E-state index contributed by atoms with van der Waals surface area (Å²) in [6, 6.07) is 11.8. The number of hydrogen-bond acceptors (Lipinski definition) is 4. The molecule has 3 atom stereocenters. The highest BCUT2D eigenvalue weighted by molar-refractivity contribution is 5.99. The molecule has 0 aliphatic carbocycles. The zero-order valence-electron chi connectivity index (χ0n) is 19.3. The van der Waals surface area contributed by atoms with Crippen LogP contribution in [-0.4, -0.2) is 44.7 Å². The van der Waals surface area contributed by atoms with Crippen LogP contribution in [0.1, 0.15) is 48.5 Å². The van der Waals surface area contributed by atoms with Gasteiger partial charge in [-0.25, -0.2) is 9.37 Å². The SMILES string of the molecule is COc1cc(C=C2CC[C@H]3C[C@@H](O)C[C@H](c4ccc(F)cc4)N3C2=O)ccc1-n1cnc(C)c1. The summed E-state index contributed by atoms with van der Waals surface area (Å²) in [6.07, 6.45) is 7.59. The number of halogens is 1. The zero-order valence-corrected chi connectivity index (χ0v) is 19.3. The van der Waals surface area contributed by atoms with E-state index in [0.29, 0.717) is 25.0 Å². The molecule has 2 aliphatic rings. The summed E-state index contributed by atoms with van der Waals surface area (Å²) in [5.41, 5.74) is 4.25. The Morgan fingerprint density at radius 2 is 1.97 bits per heavy atom. The maximum absolute atomic E-state index is 13.6. The van der Waals surface area contributed by atoms with E-state index in [0.717, 1.165) is 34.5 Å². The third-order valence-corrected chi connectivity index (χ3v) is 6.81. The van der Waals surface area contributed by atoms with Crippen molar-refractivity contribution in [3.05, 3.63) is 83.2 Å². The van der Waals surface area contributed by atoms with E-state index in [1.807, 2.05) is 46.9 Å². The van der Waals surface area contributed by atoms with Gasteiger partial charge >= 0.3 is 0 Å². The molecule has 34 heavy (non-hydrogen) atoms. The van der Waals surface area contributed by atoms with E-state index in [2.05, 4.69) is 4.98 Å². The lowest BCUT2D eigenvalue weighted by Crippen LogP contribution is -2.52. The molecular formula is C27H28FN3O3. The molecule has 0 radical (unpaired) electrons. The van der Waals surface area contributed by atoms with Crippen molar-refractivity contribution in [2.75, 3.05) is 7.11 Å². The van der Waals surface area contributed by atoms with E-state index in [4.69, 9.17) is 4.74 Å². The summed E-state index contributed by atoms with van der Waals surface area (Å²) in [5.74, 6) is 0.356. The third-order valence-electron chi connectivity index (χ3n) is 6.81. The van der Waals surface area contributed by atoms with E-state index in [1.165, 1.54) is 12.1 Å². The van der Waals surface area contributed by atoms with Gasteiger partial charge in [-0.3, -0.25) is 4.79 Å². The van der Waals surface area contributed by atoms with Gasteiger partial charge < -0.3 is 19.3 Å². The minimum absolute atomic E-state index is 0.0225. The lowest BCUT2D eigenvalue weighted by atomic mass is 9.82. The van der Waals surface area contributed by atoms with E-state index >= 15 is 0 Å². The Bertz CT molecular complexity index is 1230. The first-order valence-corrected chi connectivity index (χ1v) is 11.6. The Morgan fingerprint density at radius 1 is 1.18 bits per heavy atom. The number of rotatable bonds is 4. The number of ether oxygens (including phenoxy) is 1. The van der Waals surface area contributed by atoms with Gasteiger partial charge in [0.15, 0.2) is 0 Å². The molecule has 5 rings (SSSR count). The number of nitrogens with zero attached hydrogens (tertiary/aromatic N) is 3. The number of amides is 1. The second-order valence-electron chi connectivity index (χ2n) is 9.12. The van der Waals surface area contributed by atoms with Crippen LogP contribution in [0, 0.1) is 12.7 Å². The molecule has 1 amide bonds. The van der Waals surface area contributed by atoms with Crippen LogP contribution in [-0.2, 0) is 4.79 Å². The van der Waals surface area contributed by atoms with Crippen LogP contribution in [0.4, 0.5) is 4.39 Å². The Balaban J connectivity index is 1.45. The average molecular weight is 462 g/mol. The summed E-state index contributed by atoms with van der Waals surface area (Å²) >= 11 is 0. The fourth-order valence-electron chi connectivity index (χ4n) is 5.18. The number of imidazole rings is 1. The first kappa shape index (κ1) is 22.3. The van der Waals surface area contributed by atoms with Crippen LogP contribution in [0.3, 0.4) is 0 Å². The first-order valence-electron chi connectivity index (χ1n) is 11.6. The number of aliphatic hydroxyl groups excluding tert-OH is 1. The van der Waals surface area contributed by atoms with Crippen molar-refractivity contribution in [1.29, 1.82) is 0 Å². The number of fused-ring (bicyclic) bond motifs is 1. The smallest absolute Gasteiger partial charge is 0.250 e. The number of hydrogen-bond donors (Lipinski definition) is 1. The van der Waals surface area contributed by atoms with E-state index in [1.54, 1.807) is 25.6 Å². The lowest BCUT2D eigenvalue weighted by molar-refractivity contribution is -0.139. The Kier molecular flexibility index (Phi) is 5.96. The van der Waals surface area contributed by atoms with Gasteiger partial charge in [-0.1, -0.05) is 18.2 Å². The molecule has 0 unspecified atom stereocenters. The van der Waals surface area contributed by atoms with Crippen LogP contribution < -0.4 is 4.74 Å². The Labute approximate surface area is 198 Å². The van der Waals surface area contributed by atoms with E-state index in [-0.39, 0.29) is 23.8 Å². The van der Waals surface area contributed by atoms with Crippen LogP contribution in [0.25, 0.3) is 11.8 Å². The summed E-state index contributed by atoms with van der Waals surface area (Å²) < 4.78 is 21.0. The molecule has 2 aromatic carbocycles. The van der Waals surface area contributed by atoms with Crippen LogP contribution in [0.15, 0.2) is 60.6 Å². The van der Waals surface area contributed by atoms with Crippen LogP contribution >= 0.6 is 0 Å². The van der Waals surface area contributed by atoms with Gasteiger partial charge in [0.2, 0.25) is 0 Å². The predicted octanol–water partition coefficient (Wildman–Crippen LogP) is 4.60. The van der Waals surface area contributed by atoms with Crippen molar-refractivity contribution in [3.8, 4) is 11.4 Å². The topological polar surface area (TPSA) is 67.6 Å². The van der Waals surface area contributed by atoms with Gasteiger partial charge in [0, 0.05) is 17.8 Å². The molecule has 3 heterocycles. The number of aromatic nitrogens is 2. The number of benzene rings is 2. The Morgan fingerprint density at radius 3 is 2.68 bits per heavy atom. The Hall–Kier alpha value is -3.45. The van der Waals surface area contributed by atoms with Crippen molar-refractivity contribution in [2.45, 2.75) is 50.8 Å². The monoisotopic (exact) mass is 461 g/mol. The second-order valence-corrected chi connectivity index (χ2v) is 9.12. The standard InChI is InChI=1S/C27H28FN3O3/c1-17-15-30(16-29-17)24-10-3-18(12-26(24)34-2)11-20-6-9-22-13-23(32)14-25(31(22)27(20)33)19-4-7-21(28)8-5-19/h3-5,7-8,10-12,15-16,22-23,25,32H,6,9,13-14H2,1-2H3/t22-,23+,25+/m0/s1. The summed E-state index contributed by atoms with van der Waals surface area (Å²) in [7, 11) is 1.63. The molecule has 3 aromatic rings. The molecule has 0 spiro atoms. The highest BCUT2D eigenvalue weighted by Gasteiger charge is 2.42. The van der Waals surface area contributed by atoms with E-state index < -0.39 is 6.10 Å². The second kappa shape index (κ2) is 9.06. The minimum Gasteiger partial charge on any atom is -0.495 e. The first-order chi connectivity index (χ1) is 16.4. The van der Waals surface area contributed by atoms with Crippen LogP contribution in [0.2, 0.25) is 0 Å². The maximum Gasteiger partial charge on any atom is 0.250 e. The molecule has 2 aliphatic heterocycles. The van der Waals surface area contributed by atoms with Gasteiger partial charge in [0.1, 0.15) is 11.6 Å². The van der Waals surface area contributed by atoms with Gasteiger partial charge in [-0.2, -0.15) is 0 Å². The quantitative estimate of drug-likeness (QED) is 0.577. The van der Waals surface area contributed by atoms with Crippen LogP contribution in [0.5, 0.6) is 5.75 Å². The molecule has 2 fully saturated rings. The molecule has 7 heteroatoms. The third kappa shape index (κ3) is 4.23. The molecule has 2 saturated heterocycles. The predicted molar refractivity (Wildman–Crippen MR) is 127 cm³/mol. The molecular weight excluding hydrogens is 433 g/mol. The lowest BCUT2D eigenvalue weighted by Gasteiger charge is -2.47. The average Bonchev–Trinajstić information content (AvgIpc) is 3.26. The van der Waals surface area contributed by atoms with Gasteiger partial charge in [0.25, 0.3) is 5.91 Å². The largest absolute Gasteiger partial charge is 0.495 e. The van der Waals surface area contributed by atoms with Crippen molar-refractivity contribution in [3.63, 3.8) is 0 Å². The van der Waals surface area contributed by atoms with Crippen molar-refractivity contribution >= 4 is 12.0 Å². The fraction of sp³-hybridized carbons (Fsp3) is 0.333. The zero-order chi connectivity index (χ0) is 23.8. The number of piperidine rings is 2. The number of carbonyl (C=O) groups excluding carboxylic acids is 1. The van der Waals surface area contributed by atoms with Crippen molar-refractivity contribution in [2.24, 2.45) is 0 Å². The number of methoxy groups -OCH3 is 1. The maximum atomic E-state index is 13.6. The molecule has 1 N–H and O–H groups in total. The minimum atomic E-state index is -0.474. The van der Waals surface area contributed by atoms with Gasteiger partial charge in [0.05, 0.1) is 37.0 Å². The fourth-order valence-corrected chi connectivity index (χ4v) is 5.18. The van der Waals surface area contributed by atoms with Gasteiger partial charge in [-0.15, -0.1) is 0 Å². The number of aryl methyl sites for hydroxylation is 1. The molecule has 1 aromatic heterocycles. The summed E-state index contributed by atoms with van der Waals surface area (Å²) in [5, 5.41) is 10.5. The van der Waals surface area contributed by atoms with E-state index in [9.17, 15) is 14.3 Å². The molecule has 6 nitrogen and oxygen atoms in total. The summed E-state index contributed by atoms with van der Waals surface area (Å²) in [6.45, 7) is 1.93. The highest BCUT2D eigenvalue weighted by atomic mass is 19.1. The van der Waals surface area contributed by atoms with Gasteiger partial charge in [-0.05, 0) is 74.1 Å². The van der Waals surface area contributed by atoms with Crippen molar-refractivity contribution < 1.29 is 19.0 Å². The highest BCUT2D eigenvalue weighted by Crippen LogP contribution is 2.41. The normalized spacial score (nSPS) is 23.8. The van der Waals surface area contributed by atoms with Crippen molar-refractivity contribution in [1.82, 2.24) is 14.5 Å². The molecule has 0 saturated carbocycles.